The van der Waals surface area contributed by atoms with Crippen molar-refractivity contribution in [3.63, 3.8) is 0 Å². The van der Waals surface area contributed by atoms with Crippen molar-refractivity contribution in [1.82, 2.24) is 0 Å². The molecule has 1 heterocycles. The summed E-state index contributed by atoms with van der Waals surface area (Å²) in [6.45, 7) is 20.1. The minimum absolute atomic E-state index is 0.297. The Kier molecular flexibility index (Phi) is 11.1. The Morgan fingerprint density at radius 2 is 1.00 bits per heavy atom. The van der Waals surface area contributed by atoms with E-state index in [4.69, 9.17) is 23.7 Å². The van der Waals surface area contributed by atoms with Gasteiger partial charge >= 0.3 is 23.9 Å². The molecule has 0 unspecified atom stereocenters. The predicted molar refractivity (Wildman–Crippen MR) is 160 cm³/mol. The molecule has 1 aromatic rings. The van der Waals surface area contributed by atoms with E-state index >= 15 is 0 Å². The zero-order chi connectivity index (χ0) is 32.4. The van der Waals surface area contributed by atoms with Crippen molar-refractivity contribution in [3.8, 4) is 0 Å². The van der Waals surface area contributed by atoms with Gasteiger partial charge in [-0.05, 0) is 101 Å². The molecule has 1 aromatic carbocycles. The van der Waals surface area contributed by atoms with E-state index in [1.165, 1.54) is 0 Å². The van der Waals surface area contributed by atoms with Crippen molar-refractivity contribution in [1.29, 1.82) is 0 Å². The zero-order valence-electron chi connectivity index (χ0n) is 27.0. The Hall–Kier alpha value is -2.46. The molecule has 0 radical (unpaired) electrons. The molecule has 0 saturated carbocycles. The smallest absolute Gasteiger partial charge is 0.311 e. The number of hydrogen-bond acceptors (Lipinski definition) is 9. The second-order valence-electron chi connectivity index (χ2n) is 14.9. The zero-order valence-corrected chi connectivity index (χ0v) is 28.5. The Bertz CT molecular complexity index is 1130. The van der Waals surface area contributed by atoms with Crippen LogP contribution in [0.2, 0.25) is 0 Å². The molecule has 9 nitrogen and oxygen atoms in total. The Morgan fingerprint density at radius 1 is 0.619 bits per heavy atom. The molecule has 0 bridgehead atoms. The van der Waals surface area contributed by atoms with E-state index in [1.54, 1.807) is 107 Å². The minimum Gasteiger partial charge on any atom is -0.462 e. The lowest BCUT2D eigenvalue weighted by atomic mass is 9.88. The highest BCUT2D eigenvalue weighted by Gasteiger charge is 2.54. The second-order valence-corrected chi connectivity index (χ2v) is 15.8. The summed E-state index contributed by atoms with van der Waals surface area (Å²) in [4.78, 5) is 52.6. The Morgan fingerprint density at radius 3 is 1.40 bits per heavy atom. The highest BCUT2D eigenvalue weighted by Crippen LogP contribution is 2.40. The molecule has 42 heavy (non-hydrogen) atoms. The number of hydrogen-bond donors (Lipinski definition) is 0. The molecule has 0 aromatic heterocycles. The number of halogens is 1. The molecule has 0 amide bonds. The molecule has 0 spiro atoms. The number of carbonyl (C=O) groups is 4. The molecule has 5 atom stereocenters. The largest absolute Gasteiger partial charge is 0.462 e. The molecule has 0 aliphatic carbocycles. The van der Waals surface area contributed by atoms with E-state index in [9.17, 15) is 19.2 Å². The lowest BCUT2D eigenvalue weighted by Gasteiger charge is -2.46. The summed E-state index contributed by atoms with van der Waals surface area (Å²) in [6, 6.07) is 7.18. The normalized spacial score (nSPS) is 23.5. The number of rotatable bonds is 6. The van der Waals surface area contributed by atoms with E-state index in [0.29, 0.717) is 5.56 Å². The SMILES string of the molecule is CC(C)(C)C(=O)OC[C@H]1O[C@H](c2ccc(Br)cc2)[C@@H](OC(=O)C(C)(C)C)[C@H](OC(=O)C(C)(C)C)[C@@H]1OC(=O)C(C)(C)C. The monoisotopic (exact) mass is 654 g/mol. The summed E-state index contributed by atoms with van der Waals surface area (Å²) in [6.07, 6.45) is -5.75. The van der Waals surface area contributed by atoms with Crippen molar-refractivity contribution in [2.24, 2.45) is 21.7 Å². The van der Waals surface area contributed by atoms with Gasteiger partial charge < -0.3 is 23.7 Å². The Balaban J connectivity index is 2.74. The third-order valence-corrected chi connectivity index (χ3v) is 6.92. The van der Waals surface area contributed by atoms with Crippen molar-refractivity contribution in [3.05, 3.63) is 34.3 Å². The van der Waals surface area contributed by atoms with E-state index < -0.39 is 76.1 Å². The van der Waals surface area contributed by atoms with Gasteiger partial charge in [-0.25, -0.2) is 0 Å². The summed E-state index contributed by atoms with van der Waals surface area (Å²) in [5.74, 6) is -2.24. The molecular weight excluding hydrogens is 608 g/mol. The van der Waals surface area contributed by atoms with Crippen LogP contribution in [0.1, 0.15) is 94.8 Å². The van der Waals surface area contributed by atoms with Gasteiger partial charge in [0.25, 0.3) is 0 Å². The quantitative estimate of drug-likeness (QED) is 0.255. The van der Waals surface area contributed by atoms with E-state index in [2.05, 4.69) is 15.9 Å². The van der Waals surface area contributed by atoms with Crippen LogP contribution in [-0.4, -0.2) is 54.9 Å². The number of ether oxygens (including phenoxy) is 5. The maximum absolute atomic E-state index is 13.3. The van der Waals surface area contributed by atoms with Gasteiger partial charge in [-0.15, -0.1) is 0 Å². The lowest BCUT2D eigenvalue weighted by molar-refractivity contribution is -0.262. The first-order valence-electron chi connectivity index (χ1n) is 14.1. The average Bonchev–Trinajstić information content (AvgIpc) is 2.82. The van der Waals surface area contributed by atoms with Gasteiger partial charge in [0.2, 0.25) is 0 Å². The summed E-state index contributed by atoms with van der Waals surface area (Å²) < 4.78 is 31.0. The maximum Gasteiger partial charge on any atom is 0.311 e. The van der Waals surface area contributed by atoms with Crippen LogP contribution in [0.4, 0.5) is 0 Å². The van der Waals surface area contributed by atoms with Crippen LogP contribution in [-0.2, 0) is 42.9 Å². The van der Waals surface area contributed by atoms with Gasteiger partial charge in [0.1, 0.15) is 18.8 Å². The van der Waals surface area contributed by atoms with Crippen LogP contribution in [0.3, 0.4) is 0 Å². The molecule has 0 N–H and O–H groups in total. The summed E-state index contributed by atoms with van der Waals surface area (Å²) in [5.41, 5.74) is -2.95. The van der Waals surface area contributed by atoms with Gasteiger partial charge in [0.15, 0.2) is 18.3 Å². The van der Waals surface area contributed by atoms with E-state index in [-0.39, 0.29) is 6.61 Å². The summed E-state index contributed by atoms with van der Waals surface area (Å²) in [7, 11) is 0. The van der Waals surface area contributed by atoms with E-state index in [0.717, 1.165) is 4.47 Å². The fraction of sp³-hybridized carbons (Fsp3) is 0.688. The average molecular weight is 656 g/mol. The molecule has 1 aliphatic heterocycles. The van der Waals surface area contributed by atoms with Gasteiger partial charge in [-0.2, -0.15) is 0 Å². The van der Waals surface area contributed by atoms with Gasteiger partial charge in [0.05, 0.1) is 21.7 Å². The van der Waals surface area contributed by atoms with Gasteiger partial charge in [-0.3, -0.25) is 19.2 Å². The standard InChI is InChI=1S/C32H47BrO9/c1-29(2,3)25(34)38-17-20-22(40-26(35)30(4,5)6)24(42-28(37)32(10,11)12)23(41-27(36)31(7,8)9)21(39-20)18-13-15-19(33)16-14-18/h13-16,20-24H,17H2,1-12H3/t20-,21-,22-,23-,24-/m1/s1. The van der Waals surface area contributed by atoms with Crippen LogP contribution in [0.5, 0.6) is 0 Å². The fourth-order valence-electron chi connectivity index (χ4n) is 3.65. The van der Waals surface area contributed by atoms with Crippen molar-refractivity contribution >= 4 is 39.8 Å². The third kappa shape index (κ3) is 9.53. The Labute approximate surface area is 258 Å². The van der Waals surface area contributed by atoms with Crippen LogP contribution >= 0.6 is 15.9 Å². The first-order valence-corrected chi connectivity index (χ1v) is 14.9. The highest BCUT2D eigenvalue weighted by atomic mass is 79.9. The van der Waals surface area contributed by atoms with Crippen LogP contribution in [0, 0.1) is 21.7 Å². The summed E-state index contributed by atoms with van der Waals surface area (Å²) in [5, 5.41) is 0. The lowest BCUT2D eigenvalue weighted by Crippen LogP contribution is -2.61. The molecule has 1 fully saturated rings. The highest BCUT2D eigenvalue weighted by molar-refractivity contribution is 9.10. The van der Waals surface area contributed by atoms with Crippen LogP contribution in [0.15, 0.2) is 28.7 Å². The minimum atomic E-state index is -1.28. The molecule has 2 rings (SSSR count). The first kappa shape index (κ1) is 35.7. The number of benzene rings is 1. The van der Waals surface area contributed by atoms with Crippen LogP contribution in [0.25, 0.3) is 0 Å². The summed E-state index contributed by atoms with van der Waals surface area (Å²) >= 11 is 3.43. The van der Waals surface area contributed by atoms with Crippen molar-refractivity contribution in [2.75, 3.05) is 6.61 Å². The predicted octanol–water partition coefficient (Wildman–Crippen LogP) is 6.35. The number of esters is 4. The fourth-order valence-corrected chi connectivity index (χ4v) is 3.91. The number of carbonyl (C=O) groups excluding carboxylic acids is 4. The third-order valence-electron chi connectivity index (χ3n) is 6.39. The molecule has 236 valence electrons. The van der Waals surface area contributed by atoms with Crippen molar-refractivity contribution < 1.29 is 42.9 Å². The van der Waals surface area contributed by atoms with Crippen molar-refractivity contribution in [2.45, 2.75) is 114 Å². The molecular formula is C32H47BrO9. The van der Waals surface area contributed by atoms with Gasteiger partial charge in [-0.1, -0.05) is 28.1 Å². The molecule has 1 saturated heterocycles. The molecule has 10 heteroatoms. The van der Waals surface area contributed by atoms with E-state index in [1.807, 2.05) is 0 Å². The first-order chi connectivity index (χ1) is 18.9. The second kappa shape index (κ2) is 13.0. The van der Waals surface area contributed by atoms with Gasteiger partial charge in [0, 0.05) is 4.47 Å². The topological polar surface area (TPSA) is 114 Å². The molecule has 1 aliphatic rings. The van der Waals surface area contributed by atoms with Crippen LogP contribution < -0.4 is 0 Å². The maximum atomic E-state index is 13.3.